The van der Waals surface area contributed by atoms with Crippen molar-refractivity contribution in [1.82, 2.24) is 9.97 Å². The van der Waals surface area contributed by atoms with E-state index in [1.807, 2.05) is 56.4 Å². The zero-order chi connectivity index (χ0) is 14.8. The molecule has 0 unspecified atom stereocenters. The number of allylic oxidation sites excluding steroid dienone is 10. The van der Waals surface area contributed by atoms with Gasteiger partial charge in [0.25, 0.3) is 0 Å². The van der Waals surface area contributed by atoms with Gasteiger partial charge in [-0.3, -0.25) is 0 Å². The van der Waals surface area contributed by atoms with Crippen molar-refractivity contribution in [2.75, 3.05) is 0 Å². The fraction of sp³-hybridized carbons (Fsp3) is 0.111. The van der Waals surface area contributed by atoms with Gasteiger partial charge < -0.3 is 0 Å². The van der Waals surface area contributed by atoms with Crippen LogP contribution in [-0.4, -0.2) is 9.97 Å². The van der Waals surface area contributed by atoms with E-state index in [0.29, 0.717) is 5.82 Å². The van der Waals surface area contributed by atoms with E-state index in [2.05, 4.69) is 23.1 Å². The highest BCUT2D eigenvalue weighted by atomic mass is 14.9. The van der Waals surface area contributed by atoms with Crippen LogP contribution in [0.25, 0.3) is 11.1 Å². The Labute approximate surface area is 121 Å². The molecule has 0 spiro atoms. The molecule has 20 heavy (non-hydrogen) atoms. The van der Waals surface area contributed by atoms with Crippen molar-refractivity contribution in [2.45, 2.75) is 13.8 Å². The number of hydrogen-bond donors (Lipinski definition) is 0. The molecule has 0 radical (unpaired) electrons. The Hall–Kier alpha value is -2.48. The summed E-state index contributed by atoms with van der Waals surface area (Å²) >= 11 is 0. The second kappa shape index (κ2) is 8.59. The Kier molecular flexibility index (Phi) is 6.69. The van der Waals surface area contributed by atoms with Crippen molar-refractivity contribution < 1.29 is 0 Å². The molecular weight excluding hydrogens is 244 g/mol. The Morgan fingerprint density at radius 2 is 1.95 bits per heavy atom. The molecule has 1 rings (SSSR count). The molecule has 1 heterocycles. The zero-order valence-electron chi connectivity index (χ0n) is 12.1. The normalized spacial score (nSPS) is 13.1. The Morgan fingerprint density at radius 1 is 1.15 bits per heavy atom. The molecule has 0 aliphatic rings. The summed E-state index contributed by atoms with van der Waals surface area (Å²) in [6.45, 7) is 11.4. The molecule has 102 valence electrons. The molecule has 0 atom stereocenters. The van der Waals surface area contributed by atoms with Crippen LogP contribution in [-0.2, 0) is 0 Å². The van der Waals surface area contributed by atoms with Crippen LogP contribution < -0.4 is 0 Å². The van der Waals surface area contributed by atoms with Gasteiger partial charge in [0, 0.05) is 11.8 Å². The van der Waals surface area contributed by atoms with E-state index < -0.39 is 0 Å². The molecular formula is C18H20N2. The summed E-state index contributed by atoms with van der Waals surface area (Å²) in [7, 11) is 0. The van der Waals surface area contributed by atoms with Gasteiger partial charge in [-0.05, 0) is 25.5 Å². The fourth-order valence-corrected chi connectivity index (χ4v) is 1.59. The van der Waals surface area contributed by atoms with Crippen LogP contribution in [0.3, 0.4) is 0 Å². The minimum Gasteiger partial charge on any atom is -0.237 e. The lowest BCUT2D eigenvalue weighted by atomic mass is 10.1. The average Bonchev–Trinajstić information content (AvgIpc) is 2.49. The Bertz CT molecular complexity index is 587. The molecule has 0 saturated heterocycles. The summed E-state index contributed by atoms with van der Waals surface area (Å²) in [6, 6.07) is 1.88. The van der Waals surface area contributed by atoms with Crippen molar-refractivity contribution in [1.29, 1.82) is 0 Å². The predicted octanol–water partition coefficient (Wildman–Crippen LogP) is 4.77. The van der Waals surface area contributed by atoms with E-state index in [9.17, 15) is 0 Å². The third-order valence-electron chi connectivity index (χ3n) is 2.62. The Morgan fingerprint density at radius 3 is 2.55 bits per heavy atom. The van der Waals surface area contributed by atoms with E-state index in [1.54, 1.807) is 18.3 Å². The van der Waals surface area contributed by atoms with Gasteiger partial charge in [0.15, 0.2) is 5.82 Å². The predicted molar refractivity (Wildman–Crippen MR) is 88.0 cm³/mol. The van der Waals surface area contributed by atoms with Gasteiger partial charge in [0.2, 0.25) is 0 Å². The first-order valence-corrected chi connectivity index (χ1v) is 6.51. The van der Waals surface area contributed by atoms with Crippen LogP contribution in [0.4, 0.5) is 0 Å². The standard InChI is InChI=1S/C18H20N2/c1-5-9-11-15(7-3)17-13-14-19-18(20-17)16(8-4)12-10-6-2/h5-14H,2-3H2,1,4H3/b9-5-,12-10-,15-11+,16-8+. The van der Waals surface area contributed by atoms with Gasteiger partial charge in [0.1, 0.15) is 0 Å². The fourth-order valence-electron chi connectivity index (χ4n) is 1.59. The summed E-state index contributed by atoms with van der Waals surface area (Å²) in [5.74, 6) is 0.691. The first-order chi connectivity index (χ1) is 9.76. The molecule has 2 nitrogen and oxygen atoms in total. The van der Waals surface area contributed by atoms with Crippen molar-refractivity contribution in [3.8, 4) is 0 Å². The highest BCUT2D eigenvalue weighted by molar-refractivity contribution is 5.75. The third-order valence-corrected chi connectivity index (χ3v) is 2.62. The number of nitrogens with zero attached hydrogens (tertiary/aromatic N) is 2. The van der Waals surface area contributed by atoms with Crippen molar-refractivity contribution in [3.05, 3.63) is 85.5 Å². The van der Waals surface area contributed by atoms with E-state index in [0.717, 1.165) is 16.8 Å². The SMILES string of the molecule is C=C/C=C\C(=C/C)c1nccc(/C(C=C)=C/C=C\C)n1. The quantitative estimate of drug-likeness (QED) is 0.692. The van der Waals surface area contributed by atoms with Crippen molar-refractivity contribution in [3.63, 3.8) is 0 Å². The summed E-state index contributed by atoms with van der Waals surface area (Å²) < 4.78 is 0. The lowest BCUT2D eigenvalue weighted by Crippen LogP contribution is -1.96. The second-order valence-corrected chi connectivity index (χ2v) is 3.96. The number of rotatable bonds is 6. The molecule has 0 amide bonds. The first-order valence-electron chi connectivity index (χ1n) is 6.51. The minimum absolute atomic E-state index is 0.691. The molecule has 0 bridgehead atoms. The zero-order valence-corrected chi connectivity index (χ0v) is 12.1. The second-order valence-electron chi connectivity index (χ2n) is 3.96. The molecule has 0 aliphatic heterocycles. The molecule has 0 N–H and O–H groups in total. The van der Waals surface area contributed by atoms with Gasteiger partial charge in [0.05, 0.1) is 5.69 Å². The Balaban J connectivity index is 3.21. The number of aromatic nitrogens is 2. The summed E-state index contributed by atoms with van der Waals surface area (Å²) in [5, 5.41) is 0. The highest BCUT2D eigenvalue weighted by Gasteiger charge is 2.04. The molecule has 1 aromatic heterocycles. The molecule has 0 fully saturated rings. The van der Waals surface area contributed by atoms with Gasteiger partial charge >= 0.3 is 0 Å². The topological polar surface area (TPSA) is 25.8 Å². The maximum Gasteiger partial charge on any atom is 0.159 e. The molecule has 0 aliphatic carbocycles. The monoisotopic (exact) mass is 264 g/mol. The summed E-state index contributed by atoms with van der Waals surface area (Å²) in [5.41, 5.74) is 2.78. The first kappa shape index (κ1) is 15.6. The maximum atomic E-state index is 4.58. The summed E-state index contributed by atoms with van der Waals surface area (Å²) in [6.07, 6.45) is 17.0. The highest BCUT2D eigenvalue weighted by Crippen LogP contribution is 2.17. The van der Waals surface area contributed by atoms with Gasteiger partial charge in [-0.2, -0.15) is 0 Å². The number of hydrogen-bond acceptors (Lipinski definition) is 2. The van der Waals surface area contributed by atoms with Crippen LogP contribution in [0.2, 0.25) is 0 Å². The van der Waals surface area contributed by atoms with E-state index in [1.165, 1.54) is 0 Å². The average molecular weight is 264 g/mol. The van der Waals surface area contributed by atoms with Gasteiger partial charge in [-0.1, -0.05) is 61.8 Å². The van der Waals surface area contributed by atoms with Crippen LogP contribution in [0.1, 0.15) is 25.4 Å². The van der Waals surface area contributed by atoms with Crippen LogP contribution in [0.5, 0.6) is 0 Å². The maximum absolute atomic E-state index is 4.58. The van der Waals surface area contributed by atoms with Crippen molar-refractivity contribution >= 4 is 11.1 Å². The molecule has 0 aromatic carbocycles. The van der Waals surface area contributed by atoms with E-state index >= 15 is 0 Å². The van der Waals surface area contributed by atoms with Crippen LogP contribution in [0, 0.1) is 0 Å². The third kappa shape index (κ3) is 4.32. The smallest absolute Gasteiger partial charge is 0.159 e. The lowest BCUT2D eigenvalue weighted by molar-refractivity contribution is 1.10. The largest absolute Gasteiger partial charge is 0.237 e. The molecule has 0 saturated carbocycles. The van der Waals surface area contributed by atoms with Gasteiger partial charge in [-0.15, -0.1) is 0 Å². The van der Waals surface area contributed by atoms with Crippen LogP contribution >= 0.6 is 0 Å². The van der Waals surface area contributed by atoms with Gasteiger partial charge in [-0.25, -0.2) is 9.97 Å². The lowest BCUT2D eigenvalue weighted by Gasteiger charge is -2.04. The minimum atomic E-state index is 0.691. The van der Waals surface area contributed by atoms with E-state index in [4.69, 9.17) is 0 Å². The molecule has 1 aromatic rings. The molecule has 2 heteroatoms. The van der Waals surface area contributed by atoms with E-state index in [-0.39, 0.29) is 0 Å². The summed E-state index contributed by atoms with van der Waals surface area (Å²) in [4.78, 5) is 8.90. The van der Waals surface area contributed by atoms with Crippen LogP contribution in [0.15, 0.2) is 74.0 Å². The van der Waals surface area contributed by atoms with Crippen molar-refractivity contribution in [2.24, 2.45) is 0 Å².